The summed E-state index contributed by atoms with van der Waals surface area (Å²) in [6.07, 6.45) is 7.08. The maximum Gasteiger partial charge on any atom is 0.113 e. The van der Waals surface area contributed by atoms with Crippen molar-refractivity contribution in [3.8, 4) is 0 Å². The van der Waals surface area contributed by atoms with Gasteiger partial charge < -0.3 is 5.32 Å². The first kappa shape index (κ1) is 11.1. The van der Waals surface area contributed by atoms with Gasteiger partial charge in [0.1, 0.15) is 5.01 Å². The third-order valence-electron chi connectivity index (χ3n) is 3.98. The molecular formula is C12H20N2S. The molecule has 0 bridgehead atoms. The van der Waals surface area contributed by atoms with Crippen molar-refractivity contribution in [3.05, 3.63) is 16.6 Å². The topological polar surface area (TPSA) is 24.9 Å². The van der Waals surface area contributed by atoms with E-state index in [1.807, 2.05) is 6.20 Å². The lowest BCUT2D eigenvalue weighted by Crippen LogP contribution is -2.53. The SMILES string of the molecule is CNC1(c2nccs2)CCCCC1(C)C. The van der Waals surface area contributed by atoms with E-state index in [0.717, 1.165) is 0 Å². The molecule has 1 heterocycles. The van der Waals surface area contributed by atoms with Gasteiger partial charge in [0.25, 0.3) is 0 Å². The molecule has 1 aliphatic carbocycles. The van der Waals surface area contributed by atoms with Gasteiger partial charge in [-0.2, -0.15) is 0 Å². The van der Waals surface area contributed by atoms with E-state index in [-0.39, 0.29) is 5.54 Å². The molecule has 1 unspecified atom stereocenters. The molecule has 1 N–H and O–H groups in total. The normalized spacial score (nSPS) is 30.3. The van der Waals surface area contributed by atoms with Crippen LogP contribution < -0.4 is 5.32 Å². The molecule has 2 rings (SSSR count). The van der Waals surface area contributed by atoms with Crippen molar-refractivity contribution in [3.63, 3.8) is 0 Å². The molecule has 1 saturated carbocycles. The van der Waals surface area contributed by atoms with Gasteiger partial charge in [0.15, 0.2) is 0 Å². The van der Waals surface area contributed by atoms with Crippen molar-refractivity contribution < 1.29 is 0 Å². The van der Waals surface area contributed by atoms with Crippen molar-refractivity contribution in [2.24, 2.45) is 5.41 Å². The predicted octanol–water partition coefficient (Wildman–Crippen LogP) is 3.16. The maximum absolute atomic E-state index is 4.53. The second-order valence-corrected chi connectivity index (χ2v) is 5.98. The van der Waals surface area contributed by atoms with Gasteiger partial charge in [-0.1, -0.05) is 26.7 Å². The molecular weight excluding hydrogens is 204 g/mol. The van der Waals surface area contributed by atoms with Crippen molar-refractivity contribution in [2.45, 2.75) is 45.1 Å². The van der Waals surface area contributed by atoms with Gasteiger partial charge in [-0.15, -0.1) is 11.3 Å². The Morgan fingerprint density at radius 1 is 1.33 bits per heavy atom. The quantitative estimate of drug-likeness (QED) is 0.834. The monoisotopic (exact) mass is 224 g/mol. The molecule has 0 amide bonds. The van der Waals surface area contributed by atoms with Crippen LogP contribution >= 0.6 is 11.3 Å². The average Bonchev–Trinajstić information content (AvgIpc) is 2.71. The maximum atomic E-state index is 4.53. The molecule has 0 aromatic carbocycles. The standard InChI is InChI=1S/C12H20N2S/c1-11(2)6-4-5-7-12(11,13-3)10-14-8-9-15-10/h8-9,13H,4-7H2,1-3H3. The number of hydrogen-bond acceptors (Lipinski definition) is 3. The highest BCUT2D eigenvalue weighted by Gasteiger charge is 2.48. The van der Waals surface area contributed by atoms with E-state index < -0.39 is 0 Å². The van der Waals surface area contributed by atoms with Gasteiger partial charge in [-0.05, 0) is 25.3 Å². The lowest BCUT2D eigenvalue weighted by atomic mass is 9.63. The van der Waals surface area contributed by atoms with Crippen LogP contribution in [0.15, 0.2) is 11.6 Å². The third-order valence-corrected chi connectivity index (χ3v) is 4.92. The van der Waals surface area contributed by atoms with Gasteiger partial charge in [0.05, 0.1) is 5.54 Å². The minimum absolute atomic E-state index is 0.0966. The Morgan fingerprint density at radius 3 is 2.60 bits per heavy atom. The molecule has 1 aromatic heterocycles. The number of nitrogens with one attached hydrogen (secondary N) is 1. The summed E-state index contributed by atoms with van der Waals surface area (Å²) in [7, 11) is 2.08. The zero-order valence-corrected chi connectivity index (χ0v) is 10.7. The Bertz CT molecular complexity index is 318. The van der Waals surface area contributed by atoms with Crippen LogP contribution in [-0.4, -0.2) is 12.0 Å². The molecule has 0 spiro atoms. The fourth-order valence-electron chi connectivity index (χ4n) is 2.91. The molecule has 1 aromatic rings. The molecule has 0 saturated heterocycles. The summed E-state index contributed by atoms with van der Waals surface area (Å²) in [6.45, 7) is 4.73. The Hall–Kier alpha value is -0.410. The second-order valence-electron chi connectivity index (χ2n) is 5.08. The molecule has 3 heteroatoms. The fraction of sp³-hybridized carbons (Fsp3) is 0.750. The Labute approximate surface area is 96.1 Å². The average molecular weight is 224 g/mol. The summed E-state index contributed by atoms with van der Waals surface area (Å²) < 4.78 is 0. The van der Waals surface area contributed by atoms with Crippen molar-refractivity contribution in [2.75, 3.05) is 7.05 Å². The Kier molecular flexibility index (Phi) is 2.86. The number of hydrogen-bond donors (Lipinski definition) is 1. The van der Waals surface area contributed by atoms with Crippen LogP contribution in [0.4, 0.5) is 0 Å². The predicted molar refractivity (Wildman–Crippen MR) is 65.1 cm³/mol. The zero-order chi connectivity index (χ0) is 10.9. The lowest BCUT2D eigenvalue weighted by Gasteiger charge is -2.49. The lowest BCUT2D eigenvalue weighted by molar-refractivity contribution is 0.0667. The number of rotatable bonds is 2. The fourth-order valence-corrected chi connectivity index (χ4v) is 3.96. The Morgan fingerprint density at radius 2 is 2.07 bits per heavy atom. The van der Waals surface area contributed by atoms with E-state index in [9.17, 15) is 0 Å². The smallest absolute Gasteiger partial charge is 0.113 e. The van der Waals surface area contributed by atoms with Crippen LogP contribution in [0.3, 0.4) is 0 Å². The highest BCUT2D eigenvalue weighted by Crippen LogP contribution is 2.50. The molecule has 1 fully saturated rings. The van der Waals surface area contributed by atoms with Gasteiger partial charge in [-0.3, -0.25) is 0 Å². The van der Waals surface area contributed by atoms with Gasteiger partial charge in [0, 0.05) is 11.6 Å². The van der Waals surface area contributed by atoms with Crippen molar-refractivity contribution >= 4 is 11.3 Å². The number of aromatic nitrogens is 1. The minimum atomic E-state index is 0.0966. The molecule has 84 valence electrons. The van der Waals surface area contributed by atoms with Crippen LogP contribution in [0, 0.1) is 5.41 Å². The van der Waals surface area contributed by atoms with E-state index in [2.05, 4.69) is 36.6 Å². The summed E-state index contributed by atoms with van der Waals surface area (Å²) >= 11 is 1.78. The van der Waals surface area contributed by atoms with Crippen molar-refractivity contribution in [1.29, 1.82) is 0 Å². The largest absolute Gasteiger partial charge is 0.308 e. The molecule has 0 aliphatic heterocycles. The van der Waals surface area contributed by atoms with Crippen LogP contribution in [0.25, 0.3) is 0 Å². The van der Waals surface area contributed by atoms with E-state index in [4.69, 9.17) is 0 Å². The zero-order valence-electron chi connectivity index (χ0n) is 9.84. The van der Waals surface area contributed by atoms with E-state index in [1.54, 1.807) is 11.3 Å². The van der Waals surface area contributed by atoms with Gasteiger partial charge >= 0.3 is 0 Å². The van der Waals surface area contributed by atoms with Gasteiger partial charge in [0.2, 0.25) is 0 Å². The van der Waals surface area contributed by atoms with Crippen LogP contribution in [0.2, 0.25) is 0 Å². The molecule has 0 radical (unpaired) electrons. The summed E-state index contributed by atoms with van der Waals surface area (Å²) in [5.41, 5.74) is 0.400. The number of thiazole rings is 1. The second kappa shape index (κ2) is 3.87. The molecule has 1 atom stereocenters. The highest BCUT2D eigenvalue weighted by atomic mass is 32.1. The first-order valence-electron chi connectivity index (χ1n) is 5.71. The van der Waals surface area contributed by atoms with Crippen molar-refractivity contribution in [1.82, 2.24) is 10.3 Å². The molecule has 15 heavy (non-hydrogen) atoms. The minimum Gasteiger partial charge on any atom is -0.308 e. The summed E-state index contributed by atoms with van der Waals surface area (Å²) in [5, 5.41) is 6.90. The first-order valence-corrected chi connectivity index (χ1v) is 6.59. The summed E-state index contributed by atoms with van der Waals surface area (Å²) in [4.78, 5) is 4.53. The molecule has 1 aliphatic rings. The van der Waals surface area contributed by atoms with E-state index in [0.29, 0.717) is 5.41 Å². The summed E-state index contributed by atoms with van der Waals surface area (Å²) in [6, 6.07) is 0. The Balaban J connectivity index is 2.42. The number of nitrogens with zero attached hydrogens (tertiary/aromatic N) is 1. The van der Waals surface area contributed by atoms with Crippen LogP contribution in [-0.2, 0) is 5.54 Å². The van der Waals surface area contributed by atoms with E-state index >= 15 is 0 Å². The summed E-state index contributed by atoms with van der Waals surface area (Å²) in [5.74, 6) is 0. The van der Waals surface area contributed by atoms with Crippen LogP contribution in [0.5, 0.6) is 0 Å². The highest BCUT2D eigenvalue weighted by molar-refractivity contribution is 7.09. The third kappa shape index (κ3) is 1.62. The van der Waals surface area contributed by atoms with Gasteiger partial charge in [-0.25, -0.2) is 4.98 Å². The van der Waals surface area contributed by atoms with E-state index in [1.165, 1.54) is 30.7 Å². The molecule has 2 nitrogen and oxygen atoms in total. The first-order chi connectivity index (χ1) is 7.12. The van der Waals surface area contributed by atoms with Crippen LogP contribution in [0.1, 0.15) is 44.5 Å².